The van der Waals surface area contributed by atoms with Gasteiger partial charge in [-0.3, -0.25) is 0 Å². The summed E-state index contributed by atoms with van der Waals surface area (Å²) >= 11 is 0. The van der Waals surface area contributed by atoms with E-state index in [0.29, 0.717) is 0 Å². The van der Waals surface area contributed by atoms with Crippen molar-refractivity contribution in [2.75, 3.05) is 19.6 Å². The number of benzene rings is 16. The topological polar surface area (TPSA) is 13.0 Å². The average Bonchev–Trinajstić information content (AvgIpc) is 1.01. The molecule has 0 bridgehead atoms. The van der Waals surface area contributed by atoms with E-state index in [0.717, 1.165) is 102 Å². The van der Waals surface area contributed by atoms with Crippen molar-refractivity contribution in [3.05, 3.63) is 376 Å². The zero-order chi connectivity index (χ0) is 61.2. The molecule has 16 aromatic carbocycles. The first kappa shape index (κ1) is 55.1. The second-order valence-corrected chi connectivity index (χ2v) is 23.3. The van der Waals surface area contributed by atoms with Gasteiger partial charge in [0.05, 0.1) is 22.7 Å². The van der Waals surface area contributed by atoms with Crippen molar-refractivity contribution >= 4 is 111 Å². The number of hydrogen-bond acceptors (Lipinski definition) is 4. The lowest BCUT2D eigenvalue weighted by atomic mass is 10.0. The van der Waals surface area contributed by atoms with Crippen LogP contribution in [0.5, 0.6) is 0 Å². The number of para-hydroxylation sites is 2. The second-order valence-electron chi connectivity index (χ2n) is 23.3. The Bertz CT molecular complexity index is 4730. The molecule has 0 heterocycles. The molecule has 0 spiro atoms. The van der Waals surface area contributed by atoms with E-state index >= 15 is 0 Å². The molecule has 0 aliphatic carbocycles. The van der Waals surface area contributed by atoms with Gasteiger partial charge in [0.25, 0.3) is 0 Å². The van der Waals surface area contributed by atoms with Gasteiger partial charge in [-0.15, -0.1) is 0 Å². The van der Waals surface area contributed by atoms with E-state index in [1.807, 2.05) is 0 Å². The lowest BCUT2D eigenvalue weighted by molar-refractivity contribution is 1.28. The van der Waals surface area contributed by atoms with Crippen molar-refractivity contribution in [2.24, 2.45) is 0 Å². The fourth-order valence-corrected chi connectivity index (χ4v) is 13.3. The number of fused-ring (bicyclic) bond motifs is 4. The highest BCUT2D eigenvalue weighted by Gasteiger charge is 2.21. The van der Waals surface area contributed by atoms with E-state index in [2.05, 4.69) is 396 Å². The van der Waals surface area contributed by atoms with Gasteiger partial charge in [-0.1, -0.05) is 255 Å². The molecule has 0 radical (unpaired) electrons. The van der Waals surface area contributed by atoms with Gasteiger partial charge in [-0.25, -0.2) is 0 Å². The average molecular weight is 1180 g/mol. The Hall–Kier alpha value is -12.2. The van der Waals surface area contributed by atoms with Crippen LogP contribution in [0.15, 0.2) is 376 Å². The van der Waals surface area contributed by atoms with E-state index in [-0.39, 0.29) is 0 Å². The van der Waals surface area contributed by atoms with Crippen LogP contribution in [-0.2, 0) is 0 Å². The lowest BCUT2D eigenvalue weighted by Crippen LogP contribution is -2.11. The molecule has 0 unspecified atom stereocenters. The van der Waals surface area contributed by atoms with Crippen LogP contribution in [0.3, 0.4) is 0 Å². The molecule has 0 atom stereocenters. The summed E-state index contributed by atoms with van der Waals surface area (Å²) in [6.45, 7) is 0. The van der Waals surface area contributed by atoms with Crippen molar-refractivity contribution in [1.82, 2.24) is 0 Å². The first-order valence-corrected chi connectivity index (χ1v) is 31.5. The predicted octanol–water partition coefficient (Wildman–Crippen LogP) is 25.2. The minimum absolute atomic E-state index is 1.08. The van der Waals surface area contributed by atoms with Gasteiger partial charge in [0.2, 0.25) is 0 Å². The van der Waals surface area contributed by atoms with Crippen LogP contribution in [-0.4, -0.2) is 0 Å². The maximum atomic E-state index is 2.41. The van der Waals surface area contributed by atoms with Gasteiger partial charge in [0, 0.05) is 67.0 Å². The fourth-order valence-electron chi connectivity index (χ4n) is 13.3. The standard InChI is InChI=1S/C88H62N4/c1-3-27-73(28-4-1)89(77-55-43-65(44-56-77)67-47-59-79(60-48-67)91(85-35-15-23-69-19-7-11-31-81(69)85)86-36-16-24-70-20-8-12-32-82(70)86)75-51-39-63(40-52-75)64-41-53-76(54-42-64)90(74-29-5-2-6-30-74)78-57-45-66(46-58-78)68-49-61-80(62-50-68)92(87-37-17-25-71-21-9-13-33-83(71)87)88-38-18-26-72-22-10-14-34-84(72)88/h1-62H. The van der Waals surface area contributed by atoms with Gasteiger partial charge in [0.15, 0.2) is 0 Å². The second kappa shape index (κ2) is 24.4. The van der Waals surface area contributed by atoms with Crippen molar-refractivity contribution in [3.8, 4) is 33.4 Å². The summed E-state index contributed by atoms with van der Waals surface area (Å²) in [5.41, 5.74) is 20.2. The monoisotopic (exact) mass is 1170 g/mol. The summed E-state index contributed by atoms with van der Waals surface area (Å²) < 4.78 is 0. The Morgan fingerprint density at radius 3 is 0.522 bits per heavy atom. The third-order valence-corrected chi connectivity index (χ3v) is 17.8. The smallest absolute Gasteiger partial charge is 0.0540 e. The number of hydrogen-bond donors (Lipinski definition) is 0. The van der Waals surface area contributed by atoms with E-state index in [1.54, 1.807) is 0 Å². The van der Waals surface area contributed by atoms with Gasteiger partial charge in [-0.2, -0.15) is 0 Å². The summed E-state index contributed by atoms with van der Waals surface area (Å²) in [6, 6.07) is 136. The van der Waals surface area contributed by atoms with E-state index < -0.39 is 0 Å². The molecule has 0 aromatic heterocycles. The minimum Gasteiger partial charge on any atom is -0.311 e. The molecule has 0 N–H and O–H groups in total. The fraction of sp³-hybridized carbons (Fsp3) is 0. The van der Waals surface area contributed by atoms with E-state index in [1.165, 1.54) is 43.1 Å². The molecule has 92 heavy (non-hydrogen) atoms. The Balaban J connectivity index is 0.653. The summed E-state index contributed by atoms with van der Waals surface area (Å²) in [4.78, 5) is 9.48. The maximum absolute atomic E-state index is 2.41. The Kier molecular flexibility index (Phi) is 14.6. The van der Waals surface area contributed by atoms with Gasteiger partial charge in [-0.05, 0) is 176 Å². The van der Waals surface area contributed by atoms with E-state index in [4.69, 9.17) is 0 Å². The molecule has 0 fully saturated rings. The molecule has 4 heteroatoms. The summed E-state index contributed by atoms with van der Waals surface area (Å²) in [5.74, 6) is 0. The molecule has 434 valence electrons. The van der Waals surface area contributed by atoms with Crippen LogP contribution < -0.4 is 19.6 Å². The normalized spacial score (nSPS) is 11.3. The largest absolute Gasteiger partial charge is 0.311 e. The SMILES string of the molecule is c1ccc(N(c2ccc(-c3ccc(N(c4ccccc4)c4ccc(-c5ccc(N(c6cccc7ccccc67)c6cccc7ccccc67)cc5)cc4)cc3)cc2)c2ccc(-c3ccc(N(c4cccc5ccccc45)c4cccc5ccccc45)cc3)cc2)cc1. The minimum atomic E-state index is 1.08. The van der Waals surface area contributed by atoms with Crippen molar-refractivity contribution in [2.45, 2.75) is 0 Å². The molecule has 16 aromatic rings. The maximum Gasteiger partial charge on any atom is 0.0540 e. The highest BCUT2D eigenvalue weighted by molar-refractivity contribution is 6.07. The highest BCUT2D eigenvalue weighted by Crippen LogP contribution is 2.46. The van der Waals surface area contributed by atoms with Gasteiger partial charge in [0.1, 0.15) is 0 Å². The molecular formula is C88H62N4. The van der Waals surface area contributed by atoms with Crippen LogP contribution in [0, 0.1) is 0 Å². The number of rotatable bonds is 15. The summed E-state index contributed by atoms with van der Waals surface area (Å²) in [6.07, 6.45) is 0. The van der Waals surface area contributed by atoms with Gasteiger partial charge < -0.3 is 19.6 Å². The molecule has 0 aliphatic heterocycles. The van der Waals surface area contributed by atoms with Crippen LogP contribution in [0.4, 0.5) is 68.2 Å². The highest BCUT2D eigenvalue weighted by atomic mass is 15.2. The molecule has 0 amide bonds. The van der Waals surface area contributed by atoms with Crippen LogP contribution >= 0.6 is 0 Å². The lowest BCUT2D eigenvalue weighted by Gasteiger charge is -2.28. The zero-order valence-electron chi connectivity index (χ0n) is 50.6. The first-order valence-electron chi connectivity index (χ1n) is 31.5. The van der Waals surface area contributed by atoms with Crippen LogP contribution in [0.1, 0.15) is 0 Å². The molecular weight excluding hydrogens is 1110 g/mol. The Morgan fingerprint density at radius 1 is 0.120 bits per heavy atom. The van der Waals surface area contributed by atoms with Crippen molar-refractivity contribution < 1.29 is 0 Å². The molecule has 0 aliphatic rings. The van der Waals surface area contributed by atoms with Crippen LogP contribution in [0.25, 0.3) is 76.5 Å². The van der Waals surface area contributed by atoms with E-state index in [9.17, 15) is 0 Å². The summed E-state index contributed by atoms with van der Waals surface area (Å²) in [7, 11) is 0. The zero-order valence-corrected chi connectivity index (χ0v) is 50.6. The third-order valence-electron chi connectivity index (χ3n) is 17.8. The molecule has 0 saturated carbocycles. The predicted molar refractivity (Wildman–Crippen MR) is 392 cm³/mol. The summed E-state index contributed by atoms with van der Waals surface area (Å²) in [5, 5.41) is 9.67. The van der Waals surface area contributed by atoms with Gasteiger partial charge >= 0.3 is 0 Å². The first-order chi connectivity index (χ1) is 45.6. The molecule has 0 saturated heterocycles. The quantitative estimate of drug-likeness (QED) is 0.101. The van der Waals surface area contributed by atoms with Crippen molar-refractivity contribution in [1.29, 1.82) is 0 Å². The molecule has 16 rings (SSSR count). The Morgan fingerprint density at radius 2 is 0.293 bits per heavy atom. The number of anilines is 12. The van der Waals surface area contributed by atoms with Crippen molar-refractivity contribution in [3.63, 3.8) is 0 Å². The molecule has 4 nitrogen and oxygen atoms in total. The third kappa shape index (κ3) is 10.6. The Labute approximate surface area is 537 Å². The number of nitrogens with zero attached hydrogens (tertiary/aromatic N) is 4. The van der Waals surface area contributed by atoms with Crippen LogP contribution in [0.2, 0.25) is 0 Å².